The lowest BCUT2D eigenvalue weighted by Gasteiger charge is -2.29. The molecule has 0 atom stereocenters. The van der Waals surface area contributed by atoms with Crippen molar-refractivity contribution in [2.45, 2.75) is 32.6 Å². The van der Waals surface area contributed by atoms with Crippen molar-refractivity contribution in [2.24, 2.45) is 0 Å². The second-order valence-corrected chi connectivity index (χ2v) is 8.45. The number of hydrogen-bond donors (Lipinski definition) is 1. The van der Waals surface area contributed by atoms with Crippen LogP contribution in [0, 0.1) is 6.92 Å². The SMILES string of the molecule is Cc1ccc(-c2nc(N3CCNCC3)c3c4c(sc3n2)CCCC4)cc1. The fraction of sp³-hybridized carbons (Fsp3) is 0.429. The highest BCUT2D eigenvalue weighted by atomic mass is 32.1. The van der Waals surface area contributed by atoms with Crippen molar-refractivity contribution in [3.05, 3.63) is 40.3 Å². The highest BCUT2D eigenvalue weighted by Crippen LogP contribution is 2.40. The van der Waals surface area contributed by atoms with Gasteiger partial charge in [-0.3, -0.25) is 0 Å². The first-order valence-electron chi connectivity index (χ1n) is 9.64. The van der Waals surface area contributed by atoms with E-state index in [1.165, 1.54) is 51.9 Å². The van der Waals surface area contributed by atoms with Crippen molar-refractivity contribution in [2.75, 3.05) is 31.1 Å². The van der Waals surface area contributed by atoms with Gasteiger partial charge in [-0.2, -0.15) is 0 Å². The molecule has 3 heterocycles. The summed E-state index contributed by atoms with van der Waals surface area (Å²) < 4.78 is 0. The standard InChI is InChI=1S/C21H24N4S/c1-14-6-8-15(9-7-14)19-23-20(25-12-10-22-11-13-25)18-16-4-2-3-5-17(16)26-21(18)24-19/h6-9,22H,2-5,10-13H2,1H3. The van der Waals surface area contributed by atoms with Crippen LogP contribution in [0.3, 0.4) is 0 Å². The van der Waals surface area contributed by atoms with Crippen LogP contribution in [0.4, 0.5) is 5.82 Å². The molecule has 1 aliphatic carbocycles. The zero-order valence-electron chi connectivity index (χ0n) is 15.2. The van der Waals surface area contributed by atoms with E-state index < -0.39 is 0 Å². The first kappa shape index (κ1) is 16.2. The predicted octanol–water partition coefficient (Wildman–Crippen LogP) is 3.96. The summed E-state index contributed by atoms with van der Waals surface area (Å²) in [6, 6.07) is 8.58. The van der Waals surface area contributed by atoms with Crippen LogP contribution in [0.5, 0.6) is 0 Å². The third-order valence-electron chi connectivity index (χ3n) is 5.52. The molecule has 0 amide bonds. The lowest BCUT2D eigenvalue weighted by molar-refractivity contribution is 0.586. The van der Waals surface area contributed by atoms with Gasteiger partial charge in [-0.15, -0.1) is 11.3 Å². The number of anilines is 1. The number of nitrogens with zero attached hydrogens (tertiary/aromatic N) is 3. The van der Waals surface area contributed by atoms with Gasteiger partial charge in [-0.25, -0.2) is 9.97 Å². The highest BCUT2D eigenvalue weighted by Gasteiger charge is 2.24. The lowest BCUT2D eigenvalue weighted by atomic mass is 9.96. The smallest absolute Gasteiger partial charge is 0.163 e. The summed E-state index contributed by atoms with van der Waals surface area (Å²) in [7, 11) is 0. The Morgan fingerprint density at radius 2 is 1.77 bits per heavy atom. The van der Waals surface area contributed by atoms with Crippen LogP contribution in [0.25, 0.3) is 21.6 Å². The summed E-state index contributed by atoms with van der Waals surface area (Å²) in [6.45, 7) is 6.21. The molecule has 5 heteroatoms. The molecule has 2 aliphatic rings. The van der Waals surface area contributed by atoms with E-state index in [0.717, 1.165) is 43.4 Å². The quantitative estimate of drug-likeness (QED) is 0.747. The van der Waals surface area contributed by atoms with Crippen LogP contribution in [-0.4, -0.2) is 36.1 Å². The minimum Gasteiger partial charge on any atom is -0.353 e. The maximum absolute atomic E-state index is 5.10. The molecule has 1 fully saturated rings. The number of nitrogens with one attached hydrogen (secondary N) is 1. The third-order valence-corrected chi connectivity index (χ3v) is 6.71. The Morgan fingerprint density at radius 1 is 1.00 bits per heavy atom. The van der Waals surface area contributed by atoms with Crippen molar-refractivity contribution in [1.29, 1.82) is 0 Å². The van der Waals surface area contributed by atoms with Gasteiger partial charge in [-0.05, 0) is 38.2 Å². The molecule has 5 rings (SSSR count). The van der Waals surface area contributed by atoms with Crippen molar-refractivity contribution >= 4 is 27.4 Å². The molecule has 1 aromatic carbocycles. The van der Waals surface area contributed by atoms with Crippen LogP contribution >= 0.6 is 11.3 Å². The number of piperazine rings is 1. The number of hydrogen-bond acceptors (Lipinski definition) is 5. The molecule has 0 saturated carbocycles. The molecule has 134 valence electrons. The van der Waals surface area contributed by atoms with E-state index in [0.29, 0.717) is 0 Å². The van der Waals surface area contributed by atoms with Crippen LogP contribution in [0.1, 0.15) is 28.8 Å². The average Bonchev–Trinajstić information content (AvgIpc) is 3.07. The number of aryl methyl sites for hydroxylation is 3. The van der Waals surface area contributed by atoms with Gasteiger partial charge in [-0.1, -0.05) is 29.8 Å². The number of fused-ring (bicyclic) bond motifs is 3. The molecule has 3 aromatic rings. The van der Waals surface area contributed by atoms with Gasteiger partial charge in [0, 0.05) is 36.6 Å². The summed E-state index contributed by atoms with van der Waals surface area (Å²) >= 11 is 1.90. The van der Waals surface area contributed by atoms with Gasteiger partial charge in [0.05, 0.1) is 5.39 Å². The Kier molecular flexibility index (Phi) is 4.14. The highest BCUT2D eigenvalue weighted by molar-refractivity contribution is 7.19. The van der Waals surface area contributed by atoms with Crippen LogP contribution < -0.4 is 10.2 Å². The van der Waals surface area contributed by atoms with Gasteiger partial charge in [0.25, 0.3) is 0 Å². The zero-order chi connectivity index (χ0) is 17.5. The van der Waals surface area contributed by atoms with Crippen LogP contribution in [0.15, 0.2) is 24.3 Å². The van der Waals surface area contributed by atoms with Gasteiger partial charge < -0.3 is 10.2 Å². The molecule has 4 nitrogen and oxygen atoms in total. The second-order valence-electron chi connectivity index (χ2n) is 7.36. The molecule has 0 unspecified atom stereocenters. The maximum atomic E-state index is 5.10. The molecular formula is C21H24N4S. The van der Waals surface area contributed by atoms with Gasteiger partial charge in [0.2, 0.25) is 0 Å². The Hall–Kier alpha value is -1.98. The van der Waals surface area contributed by atoms with Crippen LogP contribution in [-0.2, 0) is 12.8 Å². The van der Waals surface area contributed by atoms with E-state index in [9.17, 15) is 0 Å². The minimum atomic E-state index is 0.865. The number of thiophene rings is 1. The first-order valence-corrected chi connectivity index (χ1v) is 10.5. The van der Waals surface area contributed by atoms with Crippen molar-refractivity contribution in [3.63, 3.8) is 0 Å². The van der Waals surface area contributed by atoms with E-state index >= 15 is 0 Å². The molecule has 0 radical (unpaired) electrons. The normalized spacial score (nSPS) is 17.5. The van der Waals surface area contributed by atoms with Crippen molar-refractivity contribution < 1.29 is 0 Å². The van der Waals surface area contributed by atoms with E-state index in [2.05, 4.69) is 41.4 Å². The van der Waals surface area contributed by atoms with E-state index in [4.69, 9.17) is 9.97 Å². The van der Waals surface area contributed by atoms with E-state index in [1.54, 1.807) is 0 Å². The monoisotopic (exact) mass is 364 g/mol. The number of aromatic nitrogens is 2. The Bertz CT molecular complexity index is 939. The molecule has 1 saturated heterocycles. The first-order chi connectivity index (χ1) is 12.8. The zero-order valence-corrected chi connectivity index (χ0v) is 16.0. The summed E-state index contributed by atoms with van der Waals surface area (Å²) in [5.74, 6) is 2.02. The summed E-state index contributed by atoms with van der Waals surface area (Å²) in [5, 5.41) is 4.79. The second kappa shape index (κ2) is 6.63. The number of rotatable bonds is 2. The molecular weight excluding hydrogens is 340 g/mol. The molecule has 1 aliphatic heterocycles. The molecule has 0 bridgehead atoms. The van der Waals surface area contributed by atoms with Crippen LogP contribution in [0.2, 0.25) is 0 Å². The molecule has 2 aromatic heterocycles. The van der Waals surface area contributed by atoms with E-state index in [-0.39, 0.29) is 0 Å². The van der Waals surface area contributed by atoms with E-state index in [1.807, 2.05) is 11.3 Å². The lowest BCUT2D eigenvalue weighted by Crippen LogP contribution is -2.44. The van der Waals surface area contributed by atoms with Gasteiger partial charge in [0.15, 0.2) is 5.82 Å². The molecule has 1 N–H and O–H groups in total. The minimum absolute atomic E-state index is 0.865. The Balaban J connectivity index is 1.71. The molecule has 0 spiro atoms. The fourth-order valence-electron chi connectivity index (χ4n) is 4.08. The van der Waals surface area contributed by atoms with Gasteiger partial charge in [0.1, 0.15) is 10.6 Å². The number of benzene rings is 1. The Morgan fingerprint density at radius 3 is 2.58 bits per heavy atom. The topological polar surface area (TPSA) is 41.1 Å². The predicted molar refractivity (Wildman–Crippen MR) is 109 cm³/mol. The van der Waals surface area contributed by atoms with Crippen molar-refractivity contribution in [1.82, 2.24) is 15.3 Å². The largest absolute Gasteiger partial charge is 0.353 e. The maximum Gasteiger partial charge on any atom is 0.163 e. The van der Waals surface area contributed by atoms with Gasteiger partial charge >= 0.3 is 0 Å². The average molecular weight is 365 g/mol. The summed E-state index contributed by atoms with van der Waals surface area (Å²) in [5.41, 5.74) is 3.91. The third kappa shape index (κ3) is 2.79. The molecule has 26 heavy (non-hydrogen) atoms. The summed E-state index contributed by atoms with van der Waals surface area (Å²) in [4.78, 5) is 15.3. The fourth-order valence-corrected chi connectivity index (χ4v) is 5.33. The Labute approximate surface area is 158 Å². The van der Waals surface area contributed by atoms with Crippen molar-refractivity contribution in [3.8, 4) is 11.4 Å². The summed E-state index contributed by atoms with van der Waals surface area (Å²) in [6.07, 6.45) is 4.99.